The second kappa shape index (κ2) is 4.10. The second-order valence-electron chi connectivity index (χ2n) is 4.72. The molecule has 2 aromatic rings. The number of likely N-dealkylation sites (N-methyl/N-ethyl adjacent to an activating group) is 1. The normalized spacial score (nSPS) is 19.6. The van der Waals surface area contributed by atoms with Crippen LogP contribution in [0.2, 0.25) is 0 Å². The van der Waals surface area contributed by atoms with Crippen LogP contribution in [0, 0.1) is 0 Å². The number of hydrogen-bond donors (Lipinski definition) is 1. The lowest BCUT2D eigenvalue weighted by Gasteiger charge is -2.22. The number of aryl methyl sites for hydroxylation is 1. The molecule has 1 aliphatic carbocycles. The molecule has 0 fully saturated rings. The second-order valence-corrected chi connectivity index (χ2v) is 5.53. The summed E-state index contributed by atoms with van der Waals surface area (Å²) in [6.45, 7) is 0. The monoisotopic (exact) mass is 293 g/mol. The Balaban J connectivity index is 2.22. The minimum absolute atomic E-state index is 0.608. The predicted molar refractivity (Wildman–Crippen MR) is 73.3 cm³/mol. The first-order valence-electron chi connectivity index (χ1n) is 6.00. The van der Waals surface area contributed by atoms with Crippen molar-refractivity contribution in [3.05, 3.63) is 28.0 Å². The highest BCUT2D eigenvalue weighted by Crippen LogP contribution is 2.31. The van der Waals surface area contributed by atoms with Gasteiger partial charge in [-0.15, -0.1) is 0 Å². The van der Waals surface area contributed by atoms with E-state index >= 15 is 0 Å². The highest BCUT2D eigenvalue weighted by atomic mass is 79.9. The molecule has 0 saturated heterocycles. The molecule has 0 bridgehead atoms. The summed E-state index contributed by atoms with van der Waals surface area (Å²) in [5.41, 5.74) is 4.03. The highest BCUT2D eigenvalue weighted by molar-refractivity contribution is 9.10. The zero-order chi connectivity index (χ0) is 12.0. The average molecular weight is 294 g/mol. The number of aromatic nitrogens is 2. The van der Waals surface area contributed by atoms with Crippen LogP contribution in [-0.2, 0) is 19.9 Å². The van der Waals surface area contributed by atoms with Gasteiger partial charge in [0.05, 0.1) is 0 Å². The Labute approximate surface area is 109 Å². The van der Waals surface area contributed by atoms with Crippen molar-refractivity contribution in [3.63, 3.8) is 0 Å². The largest absolute Gasteiger partial charge is 0.332 e. The van der Waals surface area contributed by atoms with Crippen LogP contribution in [0.4, 0.5) is 0 Å². The van der Waals surface area contributed by atoms with E-state index in [4.69, 9.17) is 0 Å². The first-order chi connectivity index (χ1) is 8.20. The van der Waals surface area contributed by atoms with Crippen LogP contribution in [0.25, 0.3) is 11.0 Å². The van der Waals surface area contributed by atoms with Crippen molar-refractivity contribution in [2.24, 2.45) is 7.05 Å². The average Bonchev–Trinajstić information content (AvgIpc) is 2.62. The molecule has 1 N–H and O–H groups in total. The summed E-state index contributed by atoms with van der Waals surface area (Å²) in [6, 6.07) is 4.83. The fourth-order valence-electron chi connectivity index (χ4n) is 2.85. The van der Waals surface area contributed by atoms with E-state index in [1.54, 1.807) is 0 Å². The van der Waals surface area contributed by atoms with Crippen LogP contribution in [0.5, 0.6) is 0 Å². The number of halogens is 1. The van der Waals surface area contributed by atoms with Crippen molar-refractivity contribution in [3.8, 4) is 0 Å². The van der Waals surface area contributed by atoms with Gasteiger partial charge >= 0.3 is 0 Å². The van der Waals surface area contributed by atoms with Crippen LogP contribution in [0.3, 0.4) is 0 Å². The molecule has 17 heavy (non-hydrogen) atoms. The summed E-state index contributed by atoms with van der Waals surface area (Å²) in [5.74, 6) is 0. The molecule has 2 heterocycles. The summed E-state index contributed by atoms with van der Waals surface area (Å²) < 4.78 is 3.16. The van der Waals surface area contributed by atoms with Gasteiger partial charge in [-0.05, 0) is 59.9 Å². The quantitative estimate of drug-likeness (QED) is 0.819. The minimum atomic E-state index is 0.608. The standard InChI is InChI=1S/C13H16BrN3/c1-15-8-3-5-11-10(7-8)9-4-6-12(14)16-13(9)17(11)2/h4,6,8,15H,3,5,7H2,1-2H3. The maximum Gasteiger partial charge on any atom is 0.141 e. The van der Waals surface area contributed by atoms with Crippen molar-refractivity contribution in [2.75, 3.05) is 7.05 Å². The van der Waals surface area contributed by atoms with Gasteiger partial charge in [0.1, 0.15) is 10.3 Å². The van der Waals surface area contributed by atoms with Crippen molar-refractivity contribution in [1.29, 1.82) is 0 Å². The van der Waals surface area contributed by atoms with Gasteiger partial charge in [0.15, 0.2) is 0 Å². The molecule has 3 nitrogen and oxygen atoms in total. The smallest absolute Gasteiger partial charge is 0.141 e. The van der Waals surface area contributed by atoms with Crippen LogP contribution >= 0.6 is 15.9 Å². The van der Waals surface area contributed by atoms with Crippen molar-refractivity contribution < 1.29 is 0 Å². The topological polar surface area (TPSA) is 29.9 Å². The number of fused-ring (bicyclic) bond motifs is 3. The Morgan fingerprint density at radius 2 is 2.29 bits per heavy atom. The van der Waals surface area contributed by atoms with E-state index < -0.39 is 0 Å². The summed E-state index contributed by atoms with van der Waals surface area (Å²) in [7, 11) is 4.18. The van der Waals surface area contributed by atoms with Gasteiger partial charge in [0.25, 0.3) is 0 Å². The Morgan fingerprint density at radius 1 is 1.47 bits per heavy atom. The van der Waals surface area contributed by atoms with E-state index in [2.05, 4.69) is 51.0 Å². The minimum Gasteiger partial charge on any atom is -0.332 e. The maximum atomic E-state index is 4.59. The lowest BCUT2D eigenvalue weighted by atomic mass is 9.92. The molecular weight excluding hydrogens is 278 g/mol. The maximum absolute atomic E-state index is 4.59. The van der Waals surface area contributed by atoms with E-state index in [1.165, 1.54) is 23.1 Å². The Bertz CT molecular complexity index is 574. The van der Waals surface area contributed by atoms with E-state index in [0.717, 1.165) is 23.1 Å². The molecule has 1 unspecified atom stereocenters. The number of nitrogens with zero attached hydrogens (tertiary/aromatic N) is 2. The van der Waals surface area contributed by atoms with Gasteiger partial charge in [0.2, 0.25) is 0 Å². The summed E-state index contributed by atoms with van der Waals surface area (Å²) in [4.78, 5) is 4.59. The fraction of sp³-hybridized carbons (Fsp3) is 0.462. The van der Waals surface area contributed by atoms with E-state index in [1.807, 2.05) is 6.07 Å². The molecule has 1 aliphatic rings. The highest BCUT2D eigenvalue weighted by Gasteiger charge is 2.23. The van der Waals surface area contributed by atoms with Gasteiger partial charge in [-0.25, -0.2) is 4.98 Å². The molecule has 0 spiro atoms. The van der Waals surface area contributed by atoms with Gasteiger partial charge in [-0.3, -0.25) is 0 Å². The molecule has 0 amide bonds. The van der Waals surface area contributed by atoms with E-state index in [-0.39, 0.29) is 0 Å². The van der Waals surface area contributed by atoms with E-state index in [0.29, 0.717) is 6.04 Å². The Kier molecular flexibility index (Phi) is 2.71. The van der Waals surface area contributed by atoms with Gasteiger partial charge < -0.3 is 9.88 Å². The predicted octanol–water partition coefficient (Wildman–Crippen LogP) is 2.41. The zero-order valence-electron chi connectivity index (χ0n) is 10.1. The van der Waals surface area contributed by atoms with Crippen molar-refractivity contribution >= 4 is 27.0 Å². The molecule has 0 saturated carbocycles. The van der Waals surface area contributed by atoms with Crippen molar-refractivity contribution in [2.45, 2.75) is 25.3 Å². The molecule has 0 radical (unpaired) electrons. The third-order valence-corrected chi connectivity index (χ3v) is 4.27. The lowest BCUT2D eigenvalue weighted by molar-refractivity contribution is 0.488. The first-order valence-corrected chi connectivity index (χ1v) is 6.80. The molecule has 1 atom stereocenters. The van der Waals surface area contributed by atoms with Crippen LogP contribution in [-0.4, -0.2) is 22.6 Å². The van der Waals surface area contributed by atoms with E-state index in [9.17, 15) is 0 Å². The Hall–Kier alpha value is -0.870. The van der Waals surface area contributed by atoms with Crippen molar-refractivity contribution in [1.82, 2.24) is 14.9 Å². The third kappa shape index (κ3) is 1.70. The van der Waals surface area contributed by atoms with Gasteiger partial charge in [-0.2, -0.15) is 0 Å². The van der Waals surface area contributed by atoms with Crippen LogP contribution in [0.15, 0.2) is 16.7 Å². The number of nitrogens with one attached hydrogen (secondary N) is 1. The SMILES string of the molecule is CNC1CCc2c(c3ccc(Br)nc3n2C)C1. The van der Waals surface area contributed by atoms with Crippen LogP contribution in [0.1, 0.15) is 17.7 Å². The molecule has 0 aliphatic heterocycles. The number of hydrogen-bond acceptors (Lipinski definition) is 2. The number of rotatable bonds is 1. The van der Waals surface area contributed by atoms with Gasteiger partial charge in [0, 0.05) is 24.2 Å². The fourth-order valence-corrected chi connectivity index (χ4v) is 3.15. The molecular formula is C13H16BrN3. The Morgan fingerprint density at radius 3 is 3.06 bits per heavy atom. The molecule has 2 aromatic heterocycles. The molecule has 3 rings (SSSR count). The van der Waals surface area contributed by atoms with Gasteiger partial charge in [-0.1, -0.05) is 0 Å². The van der Waals surface area contributed by atoms with Crippen LogP contribution < -0.4 is 5.32 Å². The molecule has 4 heteroatoms. The lowest BCUT2D eigenvalue weighted by Crippen LogP contribution is -2.31. The summed E-state index contributed by atoms with van der Waals surface area (Å²) in [5, 5.41) is 4.70. The molecule has 90 valence electrons. The molecule has 0 aromatic carbocycles. The summed E-state index contributed by atoms with van der Waals surface area (Å²) >= 11 is 3.45. The summed E-state index contributed by atoms with van der Waals surface area (Å²) in [6.07, 6.45) is 3.48. The first kappa shape index (κ1) is 11.2. The third-order valence-electron chi connectivity index (χ3n) is 3.83. The number of pyridine rings is 1. The zero-order valence-corrected chi connectivity index (χ0v) is 11.7.